The zero-order valence-corrected chi connectivity index (χ0v) is 7.86. The highest BCUT2D eigenvalue weighted by Gasteiger charge is 2.44. The fourth-order valence-corrected chi connectivity index (χ4v) is 0.731. The number of hydrogen-bond donors (Lipinski definition) is 2. The number of Topliss-reactive ketones (excluding diaryl/α,β-unsaturated/α-hetero) is 1. The number of ketones is 1. The summed E-state index contributed by atoms with van der Waals surface area (Å²) in [5, 5.41) is 0. The summed E-state index contributed by atoms with van der Waals surface area (Å²) in [7, 11) is 0. The van der Waals surface area contributed by atoms with E-state index in [2.05, 4.69) is 25.3 Å². The molecule has 0 saturated carbocycles. The second kappa shape index (κ2) is 4.05. The van der Waals surface area contributed by atoms with Crippen LogP contribution in [0.25, 0.3) is 0 Å². The molecule has 0 spiro atoms. The molecule has 0 amide bonds. The van der Waals surface area contributed by atoms with Crippen molar-refractivity contribution in [2.45, 2.75) is 12.4 Å². The van der Waals surface area contributed by atoms with Crippen LogP contribution in [0.5, 0.6) is 0 Å². The zero-order valence-electron chi connectivity index (χ0n) is 6.07. The number of alkyl halides is 6. The molecule has 0 aliphatic rings. The molecule has 0 radical (unpaired) electrons. The fraction of sp³-hybridized carbons (Fsp3) is 0.400. The summed E-state index contributed by atoms with van der Waals surface area (Å²) >= 11 is 5.55. The lowest BCUT2D eigenvalue weighted by Crippen LogP contribution is -2.25. The van der Waals surface area contributed by atoms with Crippen molar-refractivity contribution in [1.82, 2.24) is 0 Å². The van der Waals surface area contributed by atoms with Crippen molar-refractivity contribution < 1.29 is 31.1 Å². The summed E-state index contributed by atoms with van der Waals surface area (Å²) in [4.78, 5) is 6.51. The maximum absolute atomic E-state index is 11.7. The number of thiol groups is 2. The Morgan fingerprint density at radius 3 is 1.43 bits per heavy atom. The van der Waals surface area contributed by atoms with Gasteiger partial charge in [0.05, 0.1) is 4.91 Å². The summed E-state index contributed by atoms with van der Waals surface area (Å²) in [5.41, 5.74) is 0. The molecule has 1 nitrogen and oxygen atoms in total. The molecule has 82 valence electrons. The first-order valence-electron chi connectivity index (χ1n) is 2.79. The SMILES string of the molecule is O=C(/C(S)=C(\S)C(F)(F)F)C(F)(F)F. The van der Waals surface area contributed by atoms with Crippen LogP contribution in [0.2, 0.25) is 0 Å². The van der Waals surface area contributed by atoms with Crippen molar-refractivity contribution in [2.24, 2.45) is 0 Å². The van der Waals surface area contributed by atoms with Crippen LogP contribution in [0.1, 0.15) is 0 Å². The van der Waals surface area contributed by atoms with E-state index in [-0.39, 0.29) is 0 Å². The van der Waals surface area contributed by atoms with E-state index in [1.165, 1.54) is 0 Å². The van der Waals surface area contributed by atoms with E-state index in [0.717, 1.165) is 0 Å². The van der Waals surface area contributed by atoms with Crippen LogP contribution in [0.3, 0.4) is 0 Å². The summed E-state index contributed by atoms with van der Waals surface area (Å²) < 4.78 is 70.1. The number of rotatable bonds is 1. The second-order valence-electron chi connectivity index (χ2n) is 2.02. The summed E-state index contributed by atoms with van der Waals surface area (Å²) in [6, 6.07) is 0. The Kier molecular flexibility index (Phi) is 3.96. The molecule has 0 heterocycles. The quantitative estimate of drug-likeness (QED) is 0.419. The molecule has 0 saturated heterocycles. The summed E-state index contributed by atoms with van der Waals surface area (Å²) in [6.07, 6.45) is -10.5. The molecule has 0 aromatic heterocycles. The standard InChI is InChI=1S/C5H2F6OS2/c6-4(7,8)2(12)1(13)3(14)5(9,10)11/h13-14H/b3-1+. The molecule has 0 bridgehead atoms. The molecule has 0 aromatic rings. The first-order valence-corrected chi connectivity index (χ1v) is 3.68. The van der Waals surface area contributed by atoms with Gasteiger partial charge in [-0.15, -0.1) is 25.3 Å². The van der Waals surface area contributed by atoms with Gasteiger partial charge in [-0.25, -0.2) is 0 Å². The van der Waals surface area contributed by atoms with Gasteiger partial charge >= 0.3 is 12.4 Å². The highest BCUT2D eigenvalue weighted by atomic mass is 32.1. The topological polar surface area (TPSA) is 17.1 Å². The lowest BCUT2D eigenvalue weighted by atomic mass is 10.3. The largest absolute Gasteiger partial charge is 0.455 e. The van der Waals surface area contributed by atoms with Crippen LogP contribution in [0.4, 0.5) is 26.3 Å². The maximum atomic E-state index is 11.7. The van der Waals surface area contributed by atoms with Gasteiger partial charge in [-0.05, 0) is 0 Å². The minimum atomic E-state index is -5.39. The van der Waals surface area contributed by atoms with Gasteiger partial charge in [-0.3, -0.25) is 4.79 Å². The molecule has 0 aromatic carbocycles. The van der Waals surface area contributed by atoms with Gasteiger partial charge in [0.15, 0.2) is 0 Å². The Balaban J connectivity index is 5.14. The Morgan fingerprint density at radius 1 is 0.857 bits per heavy atom. The maximum Gasteiger partial charge on any atom is 0.455 e. The van der Waals surface area contributed by atoms with Crippen LogP contribution < -0.4 is 0 Å². The van der Waals surface area contributed by atoms with Gasteiger partial charge < -0.3 is 0 Å². The lowest BCUT2D eigenvalue weighted by Gasteiger charge is -2.10. The molecule has 0 atom stereocenters. The van der Waals surface area contributed by atoms with Gasteiger partial charge in [0.25, 0.3) is 5.78 Å². The Morgan fingerprint density at radius 2 is 1.21 bits per heavy atom. The van der Waals surface area contributed by atoms with Gasteiger partial charge in [-0.2, -0.15) is 26.3 Å². The van der Waals surface area contributed by atoms with Crippen LogP contribution in [-0.2, 0) is 4.79 Å². The van der Waals surface area contributed by atoms with Crippen LogP contribution in [0, 0.1) is 0 Å². The Labute approximate surface area is 85.0 Å². The fourth-order valence-electron chi connectivity index (χ4n) is 0.376. The van der Waals surface area contributed by atoms with Crippen molar-refractivity contribution in [3.05, 3.63) is 9.81 Å². The minimum absolute atomic E-state index is 1.77. The van der Waals surface area contributed by atoms with Crippen molar-refractivity contribution in [3.8, 4) is 0 Å². The smallest absolute Gasteiger partial charge is 0.283 e. The molecule has 0 unspecified atom stereocenters. The second-order valence-corrected chi connectivity index (χ2v) is 2.92. The molecule has 0 fully saturated rings. The number of allylic oxidation sites excluding steroid dienone is 2. The Bertz CT molecular complexity index is 275. The van der Waals surface area contributed by atoms with E-state index >= 15 is 0 Å². The minimum Gasteiger partial charge on any atom is -0.283 e. The van der Waals surface area contributed by atoms with Crippen molar-refractivity contribution >= 4 is 31.0 Å². The van der Waals surface area contributed by atoms with E-state index in [9.17, 15) is 31.1 Å². The van der Waals surface area contributed by atoms with E-state index in [0.29, 0.717) is 0 Å². The van der Waals surface area contributed by atoms with Gasteiger partial charge in [0, 0.05) is 0 Å². The number of halogens is 6. The van der Waals surface area contributed by atoms with Gasteiger partial charge in [-0.1, -0.05) is 0 Å². The molecule has 0 aliphatic heterocycles. The van der Waals surface area contributed by atoms with Crippen molar-refractivity contribution in [1.29, 1.82) is 0 Å². The average Bonchev–Trinajstić information content (AvgIpc) is 1.97. The summed E-state index contributed by atoms with van der Waals surface area (Å²) in [6.45, 7) is 0. The van der Waals surface area contributed by atoms with Crippen molar-refractivity contribution in [3.63, 3.8) is 0 Å². The molecule has 0 N–H and O–H groups in total. The van der Waals surface area contributed by atoms with Crippen LogP contribution in [-0.4, -0.2) is 18.1 Å². The molecule has 9 heteroatoms. The van der Waals surface area contributed by atoms with Crippen molar-refractivity contribution in [2.75, 3.05) is 0 Å². The first-order chi connectivity index (χ1) is 5.98. The predicted molar refractivity (Wildman–Crippen MR) is 42.1 cm³/mol. The third-order valence-electron chi connectivity index (χ3n) is 0.965. The highest BCUT2D eigenvalue weighted by Crippen LogP contribution is 2.35. The van der Waals surface area contributed by atoms with E-state index < -0.39 is 27.9 Å². The normalized spacial score (nSPS) is 15.1. The highest BCUT2D eigenvalue weighted by molar-refractivity contribution is 7.89. The number of hydrogen-bond acceptors (Lipinski definition) is 3. The Hall–Kier alpha value is -0.310. The first kappa shape index (κ1) is 13.7. The monoisotopic (exact) mass is 256 g/mol. The van der Waals surface area contributed by atoms with E-state index in [1.54, 1.807) is 0 Å². The van der Waals surface area contributed by atoms with Gasteiger partial charge in [0.2, 0.25) is 0 Å². The molecule has 14 heavy (non-hydrogen) atoms. The number of carbonyl (C=O) groups is 1. The summed E-state index contributed by atoms with van der Waals surface area (Å²) in [5.74, 6) is -2.68. The van der Waals surface area contributed by atoms with E-state index in [4.69, 9.17) is 0 Å². The van der Waals surface area contributed by atoms with Crippen LogP contribution in [0.15, 0.2) is 9.81 Å². The molecular formula is C5H2F6OS2. The van der Waals surface area contributed by atoms with Crippen LogP contribution >= 0.6 is 25.3 Å². The lowest BCUT2D eigenvalue weighted by molar-refractivity contribution is -0.166. The molecule has 0 aliphatic carbocycles. The number of carbonyl (C=O) groups excluding carboxylic acids is 1. The average molecular weight is 256 g/mol. The third-order valence-corrected chi connectivity index (χ3v) is 2.05. The predicted octanol–water partition coefficient (Wildman–Crippen LogP) is 2.75. The third kappa shape index (κ3) is 3.45. The van der Waals surface area contributed by atoms with Gasteiger partial charge in [0.1, 0.15) is 4.91 Å². The van der Waals surface area contributed by atoms with E-state index in [1.807, 2.05) is 0 Å². The zero-order chi connectivity index (χ0) is 11.7. The molecular weight excluding hydrogens is 254 g/mol. The molecule has 0 rings (SSSR count).